The Labute approximate surface area is 201 Å². The van der Waals surface area contributed by atoms with Gasteiger partial charge in [0.25, 0.3) is 0 Å². The maximum Gasteiger partial charge on any atom is 0.238 e. The number of carbonyl (C=O) groups excluding carboxylic acids is 1. The smallest absolute Gasteiger partial charge is 0.238 e. The van der Waals surface area contributed by atoms with Gasteiger partial charge in [0, 0.05) is 18.0 Å². The third kappa shape index (κ3) is 3.39. The van der Waals surface area contributed by atoms with E-state index in [1.54, 1.807) is 0 Å². The van der Waals surface area contributed by atoms with Gasteiger partial charge in [-0.2, -0.15) is 0 Å². The van der Waals surface area contributed by atoms with Gasteiger partial charge in [-0.15, -0.1) is 0 Å². The summed E-state index contributed by atoms with van der Waals surface area (Å²) in [7, 11) is 0.670. The summed E-state index contributed by atoms with van der Waals surface area (Å²) in [6.07, 6.45) is 11.5. The molecule has 1 aliphatic heterocycles. The Hall–Kier alpha value is -1.20. The summed E-state index contributed by atoms with van der Waals surface area (Å²) in [6.45, 7) is 4.95. The van der Waals surface area contributed by atoms with Crippen molar-refractivity contribution in [1.29, 1.82) is 0 Å². The van der Waals surface area contributed by atoms with Crippen molar-refractivity contribution in [3.05, 3.63) is 30.3 Å². The van der Waals surface area contributed by atoms with E-state index in [0.717, 1.165) is 23.7 Å². The Morgan fingerprint density at radius 3 is 2.39 bits per heavy atom. The Morgan fingerprint density at radius 2 is 1.67 bits per heavy atom. The molecule has 4 saturated carbocycles. The molecule has 9 atom stereocenters. The molecule has 180 valence electrons. The largest absolute Gasteiger partial charge is 0.374 e. The summed E-state index contributed by atoms with van der Waals surface area (Å²) < 4.78 is 20.1. The van der Waals surface area contributed by atoms with Crippen molar-refractivity contribution in [3.8, 4) is 0 Å². The Balaban J connectivity index is 1.28. The Morgan fingerprint density at radius 1 is 0.939 bits per heavy atom. The zero-order valence-electron chi connectivity index (χ0n) is 20.4. The number of carbonyl (C=O) groups is 1. The number of ether oxygens (including phenoxy) is 1. The molecule has 1 heterocycles. The minimum Gasteiger partial charge on any atom is -0.374 e. The standard InChI is InChI=1S/C28H39NO3S/c1-27-16-15-22-20(21(27)12-14-25(27)32-18-9-10-18)11-13-24-28(22,2)17-23(26(30)29(24)3)33(31)19-7-5-4-6-8-19/h4-8,18,20-25H,9-17H2,1-3H3/t20-,21-,22-,23?,24+,25-,27-,28+,33?/m0/s1. The number of piperidine rings is 1. The fraction of sp³-hybridized carbons (Fsp3) is 0.750. The van der Waals surface area contributed by atoms with E-state index in [4.69, 9.17) is 4.74 Å². The lowest BCUT2D eigenvalue weighted by Crippen LogP contribution is -2.65. The molecule has 0 N–H and O–H groups in total. The summed E-state index contributed by atoms with van der Waals surface area (Å²) in [6, 6.07) is 9.89. The van der Waals surface area contributed by atoms with Gasteiger partial charge in [-0.25, -0.2) is 0 Å². The Kier molecular flexibility index (Phi) is 5.34. The molecular weight excluding hydrogens is 430 g/mol. The highest BCUT2D eigenvalue weighted by atomic mass is 32.2. The van der Waals surface area contributed by atoms with Gasteiger partial charge >= 0.3 is 0 Å². The molecule has 0 spiro atoms. The topological polar surface area (TPSA) is 46.6 Å². The first-order valence-electron chi connectivity index (χ1n) is 13.2. The normalized spacial score (nSPS) is 45.8. The molecule has 1 amide bonds. The van der Waals surface area contributed by atoms with Crippen LogP contribution in [0, 0.1) is 28.6 Å². The number of benzene rings is 1. The SMILES string of the molecule is CN1C(=O)C(S(=O)c2ccccc2)C[C@]2(C)[C@H]3CC[C@]4(C)[C@@H](OC5CC5)CC[C@H]4[C@@H]3CC[C@@H]12. The third-order valence-electron chi connectivity index (χ3n) is 10.6. The van der Waals surface area contributed by atoms with Crippen LogP contribution in [0.1, 0.15) is 71.6 Å². The number of nitrogens with zero attached hydrogens (tertiary/aromatic N) is 1. The van der Waals surface area contributed by atoms with Crippen molar-refractivity contribution in [3.63, 3.8) is 0 Å². The van der Waals surface area contributed by atoms with Crippen molar-refractivity contribution in [1.82, 2.24) is 4.90 Å². The monoisotopic (exact) mass is 469 g/mol. The molecule has 6 rings (SSSR count). The highest BCUT2D eigenvalue weighted by molar-refractivity contribution is 7.86. The van der Waals surface area contributed by atoms with E-state index in [1.807, 2.05) is 42.3 Å². The van der Waals surface area contributed by atoms with Crippen LogP contribution in [0.2, 0.25) is 0 Å². The maximum absolute atomic E-state index is 13.6. The van der Waals surface area contributed by atoms with Crippen LogP contribution in [0.4, 0.5) is 0 Å². The average Bonchev–Trinajstić information content (AvgIpc) is 3.57. The van der Waals surface area contributed by atoms with E-state index < -0.39 is 16.0 Å². The fourth-order valence-electron chi connectivity index (χ4n) is 8.72. The molecule has 5 aliphatic rings. The molecule has 0 radical (unpaired) electrons. The van der Waals surface area contributed by atoms with Crippen LogP contribution in [-0.4, -0.2) is 45.6 Å². The van der Waals surface area contributed by atoms with Gasteiger partial charge in [0.15, 0.2) is 0 Å². The number of amides is 1. The van der Waals surface area contributed by atoms with Crippen molar-refractivity contribution >= 4 is 16.7 Å². The van der Waals surface area contributed by atoms with Crippen LogP contribution in [0.15, 0.2) is 35.2 Å². The van der Waals surface area contributed by atoms with E-state index in [-0.39, 0.29) is 17.4 Å². The molecule has 33 heavy (non-hydrogen) atoms. The van der Waals surface area contributed by atoms with E-state index in [1.165, 1.54) is 44.9 Å². The van der Waals surface area contributed by atoms with Gasteiger partial charge in [0.05, 0.1) is 23.0 Å². The molecular formula is C28H39NO3S. The van der Waals surface area contributed by atoms with E-state index in [2.05, 4.69) is 13.8 Å². The maximum atomic E-state index is 13.6. The summed E-state index contributed by atoms with van der Waals surface area (Å²) in [5.74, 6) is 2.14. The van der Waals surface area contributed by atoms with Gasteiger partial charge in [-0.05, 0) is 98.5 Å². The number of likely N-dealkylation sites (tertiary alicyclic amines) is 1. The molecule has 0 aromatic heterocycles. The summed E-state index contributed by atoms with van der Waals surface area (Å²) in [5.41, 5.74) is 0.354. The highest BCUT2D eigenvalue weighted by Gasteiger charge is 2.63. The van der Waals surface area contributed by atoms with Crippen LogP contribution in [0.25, 0.3) is 0 Å². The molecule has 0 bridgehead atoms. The van der Waals surface area contributed by atoms with Crippen LogP contribution in [-0.2, 0) is 20.3 Å². The minimum absolute atomic E-state index is 0.0391. The van der Waals surface area contributed by atoms with Gasteiger partial charge in [-0.1, -0.05) is 32.0 Å². The predicted molar refractivity (Wildman–Crippen MR) is 130 cm³/mol. The first kappa shape index (κ1) is 22.3. The Bertz CT molecular complexity index is 948. The lowest BCUT2D eigenvalue weighted by Gasteiger charge is -2.62. The van der Waals surface area contributed by atoms with E-state index >= 15 is 0 Å². The lowest BCUT2D eigenvalue weighted by atomic mass is 9.47. The highest BCUT2D eigenvalue weighted by Crippen LogP contribution is 2.65. The second-order valence-corrected chi connectivity index (χ2v) is 13.8. The molecule has 5 heteroatoms. The average molecular weight is 470 g/mol. The molecule has 1 saturated heterocycles. The van der Waals surface area contributed by atoms with Crippen LogP contribution >= 0.6 is 0 Å². The molecule has 5 fully saturated rings. The van der Waals surface area contributed by atoms with Crippen molar-refractivity contribution < 1.29 is 13.7 Å². The van der Waals surface area contributed by atoms with Crippen LogP contribution in [0.5, 0.6) is 0 Å². The molecule has 4 nitrogen and oxygen atoms in total. The van der Waals surface area contributed by atoms with Crippen LogP contribution < -0.4 is 0 Å². The van der Waals surface area contributed by atoms with E-state index in [9.17, 15) is 9.00 Å². The minimum atomic E-state index is -1.30. The molecule has 2 unspecified atom stereocenters. The number of hydrogen-bond acceptors (Lipinski definition) is 3. The van der Waals surface area contributed by atoms with Gasteiger partial charge in [-0.3, -0.25) is 9.00 Å². The third-order valence-corrected chi connectivity index (χ3v) is 12.2. The van der Waals surface area contributed by atoms with Crippen molar-refractivity contribution in [2.45, 2.75) is 100 Å². The summed E-state index contributed by atoms with van der Waals surface area (Å²) in [4.78, 5) is 16.2. The van der Waals surface area contributed by atoms with Crippen molar-refractivity contribution in [2.24, 2.45) is 28.6 Å². The number of rotatable bonds is 4. The summed E-state index contributed by atoms with van der Waals surface area (Å²) >= 11 is 0. The second kappa shape index (κ2) is 7.91. The van der Waals surface area contributed by atoms with Gasteiger partial charge in [0.2, 0.25) is 5.91 Å². The van der Waals surface area contributed by atoms with Crippen LogP contribution in [0.3, 0.4) is 0 Å². The molecule has 4 aliphatic carbocycles. The predicted octanol–water partition coefficient (Wildman–Crippen LogP) is 5.18. The molecule has 1 aromatic rings. The van der Waals surface area contributed by atoms with Gasteiger partial charge < -0.3 is 9.64 Å². The van der Waals surface area contributed by atoms with E-state index in [0.29, 0.717) is 29.5 Å². The molecule has 1 aromatic carbocycles. The second-order valence-electron chi connectivity index (χ2n) is 12.2. The summed E-state index contributed by atoms with van der Waals surface area (Å²) in [5, 5.41) is -0.430. The number of hydrogen-bond donors (Lipinski definition) is 0. The van der Waals surface area contributed by atoms with Gasteiger partial charge in [0.1, 0.15) is 5.25 Å². The quantitative estimate of drug-likeness (QED) is 0.610. The zero-order chi connectivity index (χ0) is 23.0. The lowest BCUT2D eigenvalue weighted by molar-refractivity contribution is -0.161. The van der Waals surface area contributed by atoms with Crippen molar-refractivity contribution in [2.75, 3.05) is 7.05 Å². The fourth-order valence-corrected chi connectivity index (χ4v) is 10.3. The first-order valence-corrected chi connectivity index (χ1v) is 14.4. The zero-order valence-corrected chi connectivity index (χ0v) is 21.2. The number of fused-ring (bicyclic) bond motifs is 5. The first-order chi connectivity index (χ1) is 15.8.